The lowest BCUT2D eigenvalue weighted by Gasteiger charge is -2.34. The van der Waals surface area contributed by atoms with Crippen LogP contribution in [-0.4, -0.2) is 32.1 Å². The fourth-order valence-electron chi connectivity index (χ4n) is 3.92. The Morgan fingerprint density at radius 2 is 1.43 bits per heavy atom. The summed E-state index contributed by atoms with van der Waals surface area (Å²) in [6, 6.07) is 16.0. The van der Waals surface area contributed by atoms with Gasteiger partial charge in [0.2, 0.25) is 0 Å². The third-order valence-electron chi connectivity index (χ3n) is 6.58. The predicted molar refractivity (Wildman–Crippen MR) is 121 cm³/mol. The van der Waals surface area contributed by atoms with Crippen molar-refractivity contribution < 1.29 is 20.4 Å². The van der Waals surface area contributed by atoms with Gasteiger partial charge in [0.1, 0.15) is 0 Å². The van der Waals surface area contributed by atoms with Gasteiger partial charge in [0.15, 0.2) is 6.29 Å². The van der Waals surface area contributed by atoms with Crippen LogP contribution in [0, 0.1) is 0 Å². The summed E-state index contributed by atoms with van der Waals surface area (Å²) >= 11 is 0. The van der Waals surface area contributed by atoms with Gasteiger partial charge in [-0.2, -0.15) is 0 Å². The van der Waals surface area contributed by atoms with Crippen LogP contribution in [0.2, 0.25) is 0 Å². The smallest absolute Gasteiger partial charge is 0.178 e. The van der Waals surface area contributed by atoms with E-state index in [4.69, 9.17) is 0 Å². The van der Waals surface area contributed by atoms with E-state index in [1.807, 2.05) is 26.0 Å². The molecule has 0 spiro atoms. The molecule has 0 saturated carbocycles. The van der Waals surface area contributed by atoms with E-state index in [0.29, 0.717) is 24.8 Å². The molecule has 0 saturated heterocycles. The summed E-state index contributed by atoms with van der Waals surface area (Å²) < 4.78 is 0. The molecule has 166 valence electrons. The summed E-state index contributed by atoms with van der Waals surface area (Å²) in [5.41, 5.74) is 3.06. The van der Waals surface area contributed by atoms with Gasteiger partial charge in [0.05, 0.1) is 11.7 Å². The highest BCUT2D eigenvalue weighted by Gasteiger charge is 2.33. The maximum Gasteiger partial charge on any atom is 0.178 e. The number of aliphatic hydroxyl groups is 4. The normalized spacial score (nSPS) is 13.6. The van der Waals surface area contributed by atoms with E-state index in [2.05, 4.69) is 38.1 Å². The van der Waals surface area contributed by atoms with Gasteiger partial charge in [-0.25, -0.2) is 0 Å². The summed E-state index contributed by atoms with van der Waals surface area (Å²) in [6.07, 6.45) is 2.11. The van der Waals surface area contributed by atoms with Crippen molar-refractivity contribution in [1.29, 1.82) is 0 Å². The minimum absolute atomic E-state index is 0.0989. The van der Waals surface area contributed by atoms with Crippen LogP contribution in [-0.2, 0) is 18.3 Å². The fraction of sp³-hybridized carbons (Fsp3) is 0.538. The second-order valence-corrected chi connectivity index (χ2v) is 9.06. The van der Waals surface area contributed by atoms with Crippen molar-refractivity contribution in [2.24, 2.45) is 0 Å². The van der Waals surface area contributed by atoms with Gasteiger partial charge in [-0.05, 0) is 60.6 Å². The number of aliphatic hydroxyl groups excluding tert-OH is 2. The molecule has 2 aromatic rings. The maximum absolute atomic E-state index is 10.6. The topological polar surface area (TPSA) is 80.9 Å². The first-order valence-corrected chi connectivity index (χ1v) is 11.1. The minimum atomic E-state index is -1.43. The summed E-state index contributed by atoms with van der Waals surface area (Å²) in [7, 11) is 0. The number of rotatable bonds is 11. The lowest BCUT2D eigenvalue weighted by Crippen LogP contribution is -2.41. The molecule has 30 heavy (non-hydrogen) atoms. The van der Waals surface area contributed by atoms with E-state index in [0.717, 1.165) is 24.8 Å². The number of aryl methyl sites for hydroxylation is 2. The molecule has 0 aliphatic heterocycles. The standard InChI is InChI=1S/C26H38O4/c1-5-26(30,6-2)23(27)16-17-25(3,4)22-9-7-8-20(18-22)11-10-19-12-14-21(15-13-19)24(28)29/h7-9,12-15,18,23-24,27-30H,5-6,10-11,16-17H2,1-4H3. The largest absolute Gasteiger partial charge is 0.390 e. The molecule has 0 aliphatic rings. The number of hydrogen-bond acceptors (Lipinski definition) is 4. The monoisotopic (exact) mass is 414 g/mol. The first kappa shape index (κ1) is 24.5. The van der Waals surface area contributed by atoms with Crippen LogP contribution in [0.3, 0.4) is 0 Å². The van der Waals surface area contributed by atoms with E-state index in [9.17, 15) is 20.4 Å². The van der Waals surface area contributed by atoms with Gasteiger partial charge in [-0.15, -0.1) is 0 Å². The van der Waals surface area contributed by atoms with E-state index < -0.39 is 18.0 Å². The van der Waals surface area contributed by atoms with Gasteiger partial charge >= 0.3 is 0 Å². The molecule has 0 radical (unpaired) electrons. The maximum atomic E-state index is 10.6. The van der Waals surface area contributed by atoms with Crippen LogP contribution >= 0.6 is 0 Å². The Hall–Kier alpha value is -1.72. The zero-order chi connectivity index (χ0) is 22.4. The first-order valence-electron chi connectivity index (χ1n) is 11.1. The van der Waals surface area contributed by atoms with Crippen LogP contribution in [0.4, 0.5) is 0 Å². The molecule has 1 atom stereocenters. The summed E-state index contributed by atoms with van der Waals surface area (Å²) in [5.74, 6) is 0. The SMILES string of the molecule is CCC(O)(CC)C(O)CCC(C)(C)c1cccc(CCc2ccc(C(O)O)cc2)c1. The second-order valence-electron chi connectivity index (χ2n) is 9.06. The fourth-order valence-corrected chi connectivity index (χ4v) is 3.92. The van der Waals surface area contributed by atoms with Gasteiger partial charge in [0, 0.05) is 5.56 Å². The van der Waals surface area contributed by atoms with Crippen molar-refractivity contribution in [3.8, 4) is 0 Å². The molecule has 0 bridgehead atoms. The van der Waals surface area contributed by atoms with E-state index in [-0.39, 0.29) is 5.41 Å². The number of benzene rings is 2. The molecule has 1 unspecified atom stereocenters. The molecule has 4 heteroatoms. The Morgan fingerprint density at radius 1 is 0.833 bits per heavy atom. The van der Waals surface area contributed by atoms with Gasteiger partial charge in [0.25, 0.3) is 0 Å². The van der Waals surface area contributed by atoms with Gasteiger partial charge in [-0.1, -0.05) is 76.2 Å². The Bertz CT molecular complexity index is 776. The lowest BCUT2D eigenvalue weighted by molar-refractivity contribution is -0.0848. The van der Waals surface area contributed by atoms with Gasteiger partial charge < -0.3 is 20.4 Å². The molecule has 0 heterocycles. The highest BCUT2D eigenvalue weighted by molar-refractivity contribution is 5.31. The first-order chi connectivity index (χ1) is 14.1. The summed E-state index contributed by atoms with van der Waals surface area (Å²) in [4.78, 5) is 0. The average Bonchev–Trinajstić information content (AvgIpc) is 2.76. The molecular formula is C26H38O4. The molecule has 0 fully saturated rings. The molecule has 4 N–H and O–H groups in total. The van der Waals surface area contributed by atoms with Crippen LogP contribution in [0.1, 0.15) is 81.9 Å². The van der Waals surface area contributed by atoms with Crippen molar-refractivity contribution in [2.75, 3.05) is 0 Å². The molecule has 0 aromatic heterocycles. The van der Waals surface area contributed by atoms with E-state index in [1.165, 1.54) is 11.1 Å². The molecule has 4 nitrogen and oxygen atoms in total. The van der Waals surface area contributed by atoms with Crippen LogP contribution in [0.5, 0.6) is 0 Å². The molecule has 0 amide bonds. The van der Waals surface area contributed by atoms with Crippen molar-refractivity contribution in [3.05, 3.63) is 70.8 Å². The molecule has 0 aliphatic carbocycles. The molecule has 2 rings (SSSR count). The Morgan fingerprint density at radius 3 is 2.00 bits per heavy atom. The summed E-state index contributed by atoms with van der Waals surface area (Å²) in [5, 5.41) is 39.5. The van der Waals surface area contributed by atoms with Crippen LogP contribution in [0.15, 0.2) is 48.5 Å². The van der Waals surface area contributed by atoms with E-state index in [1.54, 1.807) is 12.1 Å². The minimum Gasteiger partial charge on any atom is -0.390 e. The zero-order valence-electron chi connectivity index (χ0n) is 18.8. The predicted octanol–water partition coefficient (Wildman–Crippen LogP) is 4.42. The Balaban J connectivity index is 2.00. The average molecular weight is 415 g/mol. The lowest BCUT2D eigenvalue weighted by atomic mass is 9.77. The highest BCUT2D eigenvalue weighted by Crippen LogP contribution is 2.32. The van der Waals surface area contributed by atoms with Crippen molar-refractivity contribution in [3.63, 3.8) is 0 Å². The van der Waals surface area contributed by atoms with Crippen LogP contribution < -0.4 is 0 Å². The van der Waals surface area contributed by atoms with Crippen molar-refractivity contribution >= 4 is 0 Å². The quantitative estimate of drug-likeness (QED) is 0.410. The van der Waals surface area contributed by atoms with Crippen molar-refractivity contribution in [1.82, 2.24) is 0 Å². The summed E-state index contributed by atoms with van der Waals surface area (Å²) in [6.45, 7) is 8.21. The third kappa shape index (κ3) is 6.39. The Labute approximate surface area is 181 Å². The number of hydrogen-bond donors (Lipinski definition) is 4. The Kier molecular flexibility index (Phi) is 8.62. The van der Waals surface area contributed by atoms with Gasteiger partial charge in [-0.3, -0.25) is 0 Å². The molecular weight excluding hydrogens is 376 g/mol. The molecule has 2 aromatic carbocycles. The highest BCUT2D eigenvalue weighted by atomic mass is 16.5. The zero-order valence-corrected chi connectivity index (χ0v) is 18.8. The second kappa shape index (κ2) is 10.5. The third-order valence-corrected chi connectivity index (χ3v) is 6.58. The van der Waals surface area contributed by atoms with Crippen LogP contribution in [0.25, 0.3) is 0 Å². The van der Waals surface area contributed by atoms with Crippen molar-refractivity contribution in [2.45, 2.75) is 89.6 Å². The van der Waals surface area contributed by atoms with E-state index >= 15 is 0 Å².